The Hall–Kier alpha value is -1.64. The zero-order chi connectivity index (χ0) is 17.6. The molecule has 0 N–H and O–H groups in total. The third-order valence-corrected chi connectivity index (χ3v) is 4.16. The van der Waals surface area contributed by atoms with Gasteiger partial charge in [0.1, 0.15) is 5.82 Å². The van der Waals surface area contributed by atoms with Crippen LogP contribution in [0.15, 0.2) is 30.3 Å². The average Bonchev–Trinajstić information content (AvgIpc) is 2.59. The average molecular weight is 333 g/mol. The molecule has 1 aromatic rings. The predicted octanol–water partition coefficient (Wildman–Crippen LogP) is 5.83. The van der Waals surface area contributed by atoms with E-state index in [4.69, 9.17) is 0 Å². The summed E-state index contributed by atoms with van der Waals surface area (Å²) in [6, 6.07) is 6.20. The fourth-order valence-electron chi connectivity index (χ4n) is 2.64. The van der Waals surface area contributed by atoms with Gasteiger partial charge in [0, 0.05) is 19.2 Å². The van der Waals surface area contributed by atoms with Gasteiger partial charge in [-0.1, -0.05) is 64.5 Å². The second kappa shape index (κ2) is 12.7. The van der Waals surface area contributed by atoms with Crippen molar-refractivity contribution in [3.05, 3.63) is 41.7 Å². The lowest BCUT2D eigenvalue weighted by Gasteiger charge is -2.21. The van der Waals surface area contributed by atoms with Crippen molar-refractivity contribution in [2.24, 2.45) is 0 Å². The highest BCUT2D eigenvalue weighted by atomic mass is 19.1. The zero-order valence-electron chi connectivity index (χ0n) is 15.3. The molecule has 0 bridgehead atoms. The van der Waals surface area contributed by atoms with Crippen LogP contribution in [0.3, 0.4) is 0 Å². The Morgan fingerprint density at radius 2 is 1.46 bits per heavy atom. The summed E-state index contributed by atoms with van der Waals surface area (Å²) >= 11 is 0. The molecule has 1 aromatic carbocycles. The summed E-state index contributed by atoms with van der Waals surface area (Å²) in [5, 5.41) is 0. The molecule has 0 saturated heterocycles. The molecule has 0 heterocycles. The summed E-state index contributed by atoms with van der Waals surface area (Å²) in [5.41, 5.74) is 0.849. The molecule has 0 aromatic heterocycles. The van der Waals surface area contributed by atoms with Crippen LogP contribution < -0.4 is 0 Å². The highest BCUT2D eigenvalue weighted by Gasteiger charge is 2.09. The molecule has 2 nitrogen and oxygen atoms in total. The second-order valence-electron chi connectivity index (χ2n) is 6.33. The molecule has 0 atom stereocenters. The molecule has 134 valence electrons. The van der Waals surface area contributed by atoms with Crippen LogP contribution in [-0.2, 0) is 4.79 Å². The van der Waals surface area contributed by atoms with Crippen molar-refractivity contribution in [3.63, 3.8) is 0 Å². The van der Waals surface area contributed by atoms with E-state index in [0.29, 0.717) is 0 Å². The van der Waals surface area contributed by atoms with Crippen LogP contribution in [0, 0.1) is 5.82 Å². The van der Waals surface area contributed by atoms with E-state index < -0.39 is 0 Å². The minimum Gasteiger partial charge on any atom is -0.339 e. The molecule has 3 heteroatoms. The standard InChI is InChI=1S/C21H32FNO/c1-3-5-7-9-17-23(18-10-8-6-4-2)21(24)16-13-19-11-14-20(22)15-12-19/h11-16H,3-10,17-18H2,1-2H3. The first kappa shape index (κ1) is 20.4. The first-order valence-electron chi connectivity index (χ1n) is 9.40. The van der Waals surface area contributed by atoms with Crippen LogP contribution in [0.5, 0.6) is 0 Å². The highest BCUT2D eigenvalue weighted by Crippen LogP contribution is 2.08. The van der Waals surface area contributed by atoms with Gasteiger partial charge in [-0.3, -0.25) is 4.79 Å². The number of carbonyl (C=O) groups is 1. The van der Waals surface area contributed by atoms with E-state index in [2.05, 4.69) is 13.8 Å². The van der Waals surface area contributed by atoms with Gasteiger partial charge in [-0.25, -0.2) is 4.39 Å². The summed E-state index contributed by atoms with van der Waals surface area (Å²) in [6.07, 6.45) is 12.7. The summed E-state index contributed by atoms with van der Waals surface area (Å²) < 4.78 is 12.9. The largest absolute Gasteiger partial charge is 0.339 e. The van der Waals surface area contributed by atoms with Gasteiger partial charge < -0.3 is 4.90 Å². The van der Waals surface area contributed by atoms with Crippen molar-refractivity contribution in [1.82, 2.24) is 4.90 Å². The smallest absolute Gasteiger partial charge is 0.246 e. The summed E-state index contributed by atoms with van der Waals surface area (Å²) in [5.74, 6) is -0.195. The minimum atomic E-state index is -0.257. The molecular formula is C21H32FNO. The Balaban J connectivity index is 2.54. The van der Waals surface area contributed by atoms with Crippen LogP contribution in [0.2, 0.25) is 0 Å². The van der Waals surface area contributed by atoms with Crippen molar-refractivity contribution < 1.29 is 9.18 Å². The van der Waals surface area contributed by atoms with E-state index in [9.17, 15) is 9.18 Å². The Morgan fingerprint density at radius 3 is 1.96 bits per heavy atom. The first-order valence-corrected chi connectivity index (χ1v) is 9.40. The number of hydrogen-bond donors (Lipinski definition) is 0. The Morgan fingerprint density at radius 1 is 0.917 bits per heavy atom. The molecule has 0 saturated carbocycles. The molecule has 0 fully saturated rings. The minimum absolute atomic E-state index is 0.0623. The number of rotatable bonds is 12. The lowest BCUT2D eigenvalue weighted by Crippen LogP contribution is -2.31. The fraction of sp³-hybridized carbons (Fsp3) is 0.571. The molecule has 0 radical (unpaired) electrons. The highest BCUT2D eigenvalue weighted by molar-refractivity contribution is 5.91. The van der Waals surface area contributed by atoms with Gasteiger partial charge in [-0.15, -0.1) is 0 Å². The van der Waals surface area contributed by atoms with Gasteiger partial charge in [-0.2, -0.15) is 0 Å². The number of hydrogen-bond acceptors (Lipinski definition) is 1. The van der Waals surface area contributed by atoms with Gasteiger partial charge in [-0.05, 0) is 36.6 Å². The molecule has 1 amide bonds. The normalized spacial score (nSPS) is 11.1. The summed E-state index contributed by atoms with van der Waals surface area (Å²) in [7, 11) is 0. The van der Waals surface area contributed by atoms with Crippen molar-refractivity contribution >= 4 is 12.0 Å². The van der Waals surface area contributed by atoms with Gasteiger partial charge in [0.15, 0.2) is 0 Å². The van der Waals surface area contributed by atoms with Gasteiger partial charge in [0.2, 0.25) is 5.91 Å². The Kier molecular flexibility index (Phi) is 10.8. The maximum Gasteiger partial charge on any atom is 0.246 e. The molecule has 0 spiro atoms. The Bertz CT molecular complexity index is 469. The summed E-state index contributed by atoms with van der Waals surface area (Å²) in [4.78, 5) is 14.4. The maximum absolute atomic E-state index is 12.9. The molecule has 0 aliphatic carbocycles. The van der Waals surface area contributed by atoms with E-state index in [1.807, 2.05) is 4.90 Å². The van der Waals surface area contributed by atoms with E-state index in [1.165, 1.54) is 50.7 Å². The van der Waals surface area contributed by atoms with Crippen LogP contribution in [-0.4, -0.2) is 23.9 Å². The monoisotopic (exact) mass is 333 g/mol. The topological polar surface area (TPSA) is 20.3 Å². The number of amides is 1. The van der Waals surface area contributed by atoms with E-state index in [-0.39, 0.29) is 11.7 Å². The van der Waals surface area contributed by atoms with Gasteiger partial charge in [0.05, 0.1) is 0 Å². The molecule has 0 aliphatic heterocycles. The van der Waals surface area contributed by atoms with E-state index in [0.717, 1.165) is 31.5 Å². The number of nitrogens with zero attached hydrogens (tertiary/aromatic N) is 1. The van der Waals surface area contributed by atoms with Crippen LogP contribution >= 0.6 is 0 Å². The van der Waals surface area contributed by atoms with Gasteiger partial charge in [0.25, 0.3) is 0 Å². The number of benzene rings is 1. The quantitative estimate of drug-likeness (QED) is 0.348. The number of unbranched alkanes of at least 4 members (excludes halogenated alkanes) is 6. The second-order valence-corrected chi connectivity index (χ2v) is 6.33. The zero-order valence-corrected chi connectivity index (χ0v) is 15.3. The number of halogens is 1. The van der Waals surface area contributed by atoms with Crippen LogP contribution in [0.4, 0.5) is 4.39 Å². The van der Waals surface area contributed by atoms with Crippen LogP contribution in [0.1, 0.15) is 70.8 Å². The Labute approximate surface area is 146 Å². The van der Waals surface area contributed by atoms with Crippen molar-refractivity contribution in [2.75, 3.05) is 13.1 Å². The lowest BCUT2D eigenvalue weighted by atomic mass is 10.1. The molecule has 0 aliphatic rings. The van der Waals surface area contributed by atoms with Crippen LogP contribution in [0.25, 0.3) is 6.08 Å². The molecule has 24 heavy (non-hydrogen) atoms. The van der Waals surface area contributed by atoms with Crippen molar-refractivity contribution in [2.45, 2.75) is 65.2 Å². The first-order chi connectivity index (χ1) is 11.7. The maximum atomic E-state index is 12.9. The summed E-state index contributed by atoms with van der Waals surface area (Å²) in [6.45, 7) is 6.05. The molecular weight excluding hydrogens is 301 g/mol. The predicted molar refractivity (Wildman–Crippen MR) is 100 cm³/mol. The van der Waals surface area contributed by atoms with E-state index >= 15 is 0 Å². The lowest BCUT2D eigenvalue weighted by molar-refractivity contribution is -0.126. The third kappa shape index (κ3) is 8.85. The SMILES string of the molecule is CCCCCCN(CCCCCC)C(=O)C=Cc1ccc(F)cc1. The van der Waals surface area contributed by atoms with E-state index in [1.54, 1.807) is 24.3 Å². The van der Waals surface area contributed by atoms with Crippen molar-refractivity contribution in [1.29, 1.82) is 0 Å². The van der Waals surface area contributed by atoms with Gasteiger partial charge >= 0.3 is 0 Å². The molecule has 1 rings (SSSR count). The number of carbonyl (C=O) groups excluding carboxylic acids is 1. The molecule has 0 unspecified atom stereocenters. The van der Waals surface area contributed by atoms with Crippen molar-refractivity contribution in [3.8, 4) is 0 Å². The third-order valence-electron chi connectivity index (χ3n) is 4.16. The fourth-order valence-corrected chi connectivity index (χ4v) is 2.64.